The highest BCUT2D eigenvalue weighted by Gasteiger charge is 2.17. The van der Waals surface area contributed by atoms with E-state index in [2.05, 4.69) is 58.1 Å². The Morgan fingerprint density at radius 3 is 2.45 bits per heavy atom. The summed E-state index contributed by atoms with van der Waals surface area (Å²) in [5, 5.41) is 3.51. The summed E-state index contributed by atoms with van der Waals surface area (Å²) in [4.78, 5) is 0. The number of ether oxygens (including phenoxy) is 1. The summed E-state index contributed by atoms with van der Waals surface area (Å²) in [6, 6.07) is 7.10. The molecule has 2 heteroatoms. The lowest BCUT2D eigenvalue weighted by Gasteiger charge is -2.25. The number of benzene rings is 1. The van der Waals surface area contributed by atoms with Crippen LogP contribution < -0.4 is 10.1 Å². The molecule has 0 bridgehead atoms. The molecule has 0 saturated carbocycles. The van der Waals surface area contributed by atoms with Crippen molar-refractivity contribution < 1.29 is 4.74 Å². The first kappa shape index (κ1) is 17.0. The first-order valence-corrected chi connectivity index (χ1v) is 7.71. The SMILES string of the molecule is COc1ccc(CCC(C)(C)CCNC(C)C)cc1C. The molecule has 0 unspecified atom stereocenters. The van der Waals surface area contributed by atoms with Gasteiger partial charge in [-0.3, -0.25) is 0 Å². The second-order valence-electron chi connectivity index (χ2n) is 6.83. The molecule has 0 heterocycles. The van der Waals surface area contributed by atoms with Crippen LogP contribution in [0.3, 0.4) is 0 Å². The zero-order valence-corrected chi connectivity index (χ0v) is 14.0. The Balaban J connectivity index is 2.46. The van der Waals surface area contributed by atoms with E-state index < -0.39 is 0 Å². The van der Waals surface area contributed by atoms with Crippen LogP contribution >= 0.6 is 0 Å². The van der Waals surface area contributed by atoms with E-state index in [-0.39, 0.29) is 0 Å². The van der Waals surface area contributed by atoms with Gasteiger partial charge in [-0.1, -0.05) is 39.8 Å². The van der Waals surface area contributed by atoms with Crippen molar-refractivity contribution in [2.75, 3.05) is 13.7 Å². The highest BCUT2D eigenvalue weighted by Crippen LogP contribution is 2.28. The molecule has 1 N–H and O–H groups in total. The van der Waals surface area contributed by atoms with Gasteiger partial charge in [0.15, 0.2) is 0 Å². The van der Waals surface area contributed by atoms with Gasteiger partial charge in [0, 0.05) is 6.04 Å². The van der Waals surface area contributed by atoms with Crippen LogP contribution in [0.4, 0.5) is 0 Å². The van der Waals surface area contributed by atoms with Gasteiger partial charge in [0.2, 0.25) is 0 Å². The molecule has 20 heavy (non-hydrogen) atoms. The van der Waals surface area contributed by atoms with Gasteiger partial charge in [-0.05, 0) is 55.3 Å². The number of hydrogen-bond donors (Lipinski definition) is 1. The fourth-order valence-electron chi connectivity index (χ4n) is 2.40. The van der Waals surface area contributed by atoms with Crippen LogP contribution in [-0.2, 0) is 6.42 Å². The van der Waals surface area contributed by atoms with E-state index in [1.54, 1.807) is 7.11 Å². The minimum absolute atomic E-state index is 0.385. The quantitative estimate of drug-likeness (QED) is 0.762. The van der Waals surface area contributed by atoms with Gasteiger partial charge in [0.05, 0.1) is 7.11 Å². The summed E-state index contributed by atoms with van der Waals surface area (Å²) < 4.78 is 5.31. The van der Waals surface area contributed by atoms with Gasteiger partial charge in [0.1, 0.15) is 5.75 Å². The molecular weight excluding hydrogens is 246 g/mol. The second kappa shape index (κ2) is 7.68. The van der Waals surface area contributed by atoms with Gasteiger partial charge < -0.3 is 10.1 Å². The molecule has 0 fully saturated rings. The lowest BCUT2D eigenvalue weighted by atomic mass is 9.83. The topological polar surface area (TPSA) is 21.3 Å². The number of rotatable bonds is 8. The molecule has 0 aromatic heterocycles. The smallest absolute Gasteiger partial charge is 0.121 e. The van der Waals surface area contributed by atoms with Crippen LogP contribution in [0.15, 0.2) is 18.2 Å². The maximum Gasteiger partial charge on any atom is 0.121 e. The fourth-order valence-corrected chi connectivity index (χ4v) is 2.40. The van der Waals surface area contributed by atoms with E-state index in [9.17, 15) is 0 Å². The average Bonchev–Trinajstić information content (AvgIpc) is 2.36. The summed E-state index contributed by atoms with van der Waals surface area (Å²) >= 11 is 0. The first-order valence-electron chi connectivity index (χ1n) is 7.71. The predicted octanol–water partition coefficient (Wildman–Crippen LogP) is 4.35. The summed E-state index contributed by atoms with van der Waals surface area (Å²) in [6.45, 7) is 12.4. The molecule has 1 aromatic rings. The monoisotopic (exact) mass is 277 g/mol. The Hall–Kier alpha value is -1.02. The minimum atomic E-state index is 0.385. The normalized spacial score (nSPS) is 11.9. The molecule has 0 spiro atoms. The Morgan fingerprint density at radius 2 is 1.90 bits per heavy atom. The van der Waals surface area contributed by atoms with Crippen LogP contribution in [0.2, 0.25) is 0 Å². The maximum atomic E-state index is 5.31. The van der Waals surface area contributed by atoms with Gasteiger partial charge in [-0.2, -0.15) is 0 Å². The lowest BCUT2D eigenvalue weighted by Crippen LogP contribution is -2.28. The summed E-state index contributed by atoms with van der Waals surface area (Å²) in [7, 11) is 1.73. The van der Waals surface area contributed by atoms with Crippen molar-refractivity contribution in [3.8, 4) is 5.75 Å². The van der Waals surface area contributed by atoms with Gasteiger partial charge >= 0.3 is 0 Å². The Morgan fingerprint density at radius 1 is 1.20 bits per heavy atom. The van der Waals surface area contributed by atoms with E-state index >= 15 is 0 Å². The Kier molecular flexibility index (Phi) is 6.54. The highest BCUT2D eigenvalue weighted by atomic mass is 16.5. The number of methoxy groups -OCH3 is 1. The summed E-state index contributed by atoms with van der Waals surface area (Å²) in [6.07, 6.45) is 3.58. The number of nitrogens with one attached hydrogen (secondary N) is 1. The van der Waals surface area contributed by atoms with Crippen molar-refractivity contribution in [2.24, 2.45) is 5.41 Å². The third-order valence-electron chi connectivity index (χ3n) is 3.90. The van der Waals surface area contributed by atoms with Crippen molar-refractivity contribution in [2.45, 2.75) is 59.9 Å². The van der Waals surface area contributed by atoms with Crippen molar-refractivity contribution >= 4 is 0 Å². The minimum Gasteiger partial charge on any atom is -0.496 e. The van der Waals surface area contributed by atoms with Crippen molar-refractivity contribution in [1.82, 2.24) is 5.32 Å². The number of aryl methyl sites for hydroxylation is 2. The van der Waals surface area contributed by atoms with Gasteiger partial charge in [0.25, 0.3) is 0 Å². The molecule has 0 amide bonds. The van der Waals surface area contributed by atoms with Crippen LogP contribution in [0.25, 0.3) is 0 Å². The average molecular weight is 277 g/mol. The highest BCUT2D eigenvalue weighted by molar-refractivity contribution is 5.36. The first-order chi connectivity index (χ1) is 9.34. The molecule has 1 aromatic carbocycles. The molecule has 1 rings (SSSR count). The fraction of sp³-hybridized carbons (Fsp3) is 0.667. The third-order valence-corrected chi connectivity index (χ3v) is 3.90. The van der Waals surface area contributed by atoms with Gasteiger partial charge in [-0.25, -0.2) is 0 Å². The molecular formula is C18H31NO. The van der Waals surface area contributed by atoms with Gasteiger partial charge in [-0.15, -0.1) is 0 Å². The standard InChI is InChI=1S/C18H31NO/c1-14(2)19-12-11-18(4,5)10-9-16-7-8-17(20-6)15(3)13-16/h7-8,13-14,19H,9-12H2,1-6H3. The van der Waals surface area contributed by atoms with Crippen molar-refractivity contribution in [1.29, 1.82) is 0 Å². The summed E-state index contributed by atoms with van der Waals surface area (Å²) in [5.74, 6) is 0.981. The van der Waals surface area contributed by atoms with Crippen molar-refractivity contribution in [3.63, 3.8) is 0 Å². The predicted molar refractivity (Wildman–Crippen MR) is 87.6 cm³/mol. The molecule has 0 aliphatic rings. The molecule has 0 atom stereocenters. The Bertz CT molecular complexity index is 410. The number of hydrogen-bond acceptors (Lipinski definition) is 2. The molecule has 0 radical (unpaired) electrons. The van der Waals surface area contributed by atoms with Crippen LogP contribution in [0.5, 0.6) is 5.75 Å². The molecule has 114 valence electrons. The zero-order chi connectivity index (χ0) is 15.2. The van der Waals surface area contributed by atoms with E-state index in [1.807, 2.05) is 0 Å². The molecule has 0 aliphatic carbocycles. The lowest BCUT2D eigenvalue weighted by molar-refractivity contribution is 0.298. The van der Waals surface area contributed by atoms with Crippen LogP contribution in [0, 0.1) is 12.3 Å². The summed E-state index contributed by atoms with van der Waals surface area (Å²) in [5.41, 5.74) is 3.02. The van der Waals surface area contributed by atoms with Crippen LogP contribution in [0.1, 0.15) is 51.7 Å². The molecule has 0 aliphatic heterocycles. The Labute approximate surface area is 124 Å². The van der Waals surface area contributed by atoms with E-state index in [0.717, 1.165) is 18.7 Å². The van der Waals surface area contributed by atoms with Crippen LogP contribution in [-0.4, -0.2) is 19.7 Å². The molecule has 0 saturated heterocycles. The third kappa shape index (κ3) is 5.96. The van der Waals surface area contributed by atoms with Crippen molar-refractivity contribution in [3.05, 3.63) is 29.3 Å². The maximum absolute atomic E-state index is 5.31. The molecule has 2 nitrogen and oxygen atoms in total. The zero-order valence-electron chi connectivity index (χ0n) is 14.0. The van der Waals surface area contributed by atoms with E-state index in [1.165, 1.54) is 24.0 Å². The van der Waals surface area contributed by atoms with E-state index in [0.29, 0.717) is 11.5 Å². The second-order valence-corrected chi connectivity index (χ2v) is 6.83. The largest absolute Gasteiger partial charge is 0.496 e. The van der Waals surface area contributed by atoms with E-state index in [4.69, 9.17) is 4.74 Å².